The third kappa shape index (κ3) is 5.91. The number of halogens is 1. The quantitative estimate of drug-likeness (QED) is 0.220. The number of rotatable bonds is 8. The molecular weight excluding hydrogens is 604 g/mol. The summed E-state index contributed by atoms with van der Waals surface area (Å²) >= 11 is 3.35. The van der Waals surface area contributed by atoms with E-state index in [9.17, 15) is 19.7 Å². The van der Waals surface area contributed by atoms with Gasteiger partial charge >= 0.3 is 5.69 Å². The summed E-state index contributed by atoms with van der Waals surface area (Å²) in [6.45, 7) is 3.57. The third-order valence-corrected chi connectivity index (χ3v) is 7.79. The minimum Gasteiger partial charge on any atom is -0.496 e. The van der Waals surface area contributed by atoms with Crippen LogP contribution in [0.4, 0.5) is 11.5 Å². The number of ketones is 1. The molecule has 1 atom stereocenters. The van der Waals surface area contributed by atoms with Crippen LogP contribution >= 0.6 is 15.9 Å². The van der Waals surface area contributed by atoms with Gasteiger partial charge in [0, 0.05) is 57.2 Å². The van der Waals surface area contributed by atoms with E-state index in [1.165, 1.54) is 13.2 Å². The Labute approximate surface area is 251 Å². The van der Waals surface area contributed by atoms with Gasteiger partial charge in [0.25, 0.3) is 5.91 Å². The first-order chi connectivity index (χ1) is 20.2. The highest BCUT2D eigenvalue weighted by Crippen LogP contribution is 2.43. The lowest BCUT2D eigenvalue weighted by atomic mass is 9.74. The molecule has 1 aliphatic carbocycles. The molecule has 11 heteroatoms. The fourth-order valence-corrected chi connectivity index (χ4v) is 5.62. The minimum absolute atomic E-state index is 0.0165. The van der Waals surface area contributed by atoms with Crippen LogP contribution in [0.25, 0.3) is 0 Å². The molecule has 0 unspecified atom stereocenters. The predicted molar refractivity (Wildman–Crippen MR) is 160 cm³/mol. The van der Waals surface area contributed by atoms with E-state index in [1.807, 2.05) is 19.1 Å². The van der Waals surface area contributed by atoms with Gasteiger partial charge in [-0.2, -0.15) is 0 Å². The topological polar surface area (TPSA) is 133 Å². The van der Waals surface area contributed by atoms with Crippen molar-refractivity contribution in [1.82, 2.24) is 10.3 Å². The monoisotopic (exact) mass is 632 g/mol. The van der Waals surface area contributed by atoms with Gasteiger partial charge in [0.1, 0.15) is 18.2 Å². The minimum atomic E-state index is -0.650. The first-order valence-electron chi connectivity index (χ1n) is 13.4. The summed E-state index contributed by atoms with van der Waals surface area (Å²) in [5.74, 6) is -0.0307. The summed E-state index contributed by atoms with van der Waals surface area (Å²) in [5.41, 5.74) is 4.35. The molecule has 3 aromatic rings. The van der Waals surface area contributed by atoms with Crippen LogP contribution in [0.15, 0.2) is 81.7 Å². The van der Waals surface area contributed by atoms with E-state index < -0.39 is 10.8 Å². The smallest absolute Gasteiger partial charge is 0.311 e. The van der Waals surface area contributed by atoms with Gasteiger partial charge in [-0.05, 0) is 84.1 Å². The largest absolute Gasteiger partial charge is 0.496 e. The second kappa shape index (κ2) is 12.2. The van der Waals surface area contributed by atoms with Crippen LogP contribution < -0.4 is 20.1 Å². The lowest BCUT2D eigenvalue weighted by Crippen LogP contribution is -2.35. The maximum Gasteiger partial charge on any atom is 0.311 e. The van der Waals surface area contributed by atoms with E-state index in [0.29, 0.717) is 52.4 Å². The van der Waals surface area contributed by atoms with E-state index in [4.69, 9.17) is 9.47 Å². The summed E-state index contributed by atoms with van der Waals surface area (Å²) in [6.07, 6.45) is 3.41. The zero-order valence-corrected chi connectivity index (χ0v) is 24.9. The number of nitrogens with zero attached hydrogens (tertiary/aromatic N) is 2. The Kier molecular flexibility index (Phi) is 8.39. The van der Waals surface area contributed by atoms with Crippen LogP contribution in [0, 0.1) is 17.0 Å². The van der Waals surface area contributed by atoms with Crippen LogP contribution in [0.1, 0.15) is 48.8 Å². The number of pyridine rings is 1. The molecule has 2 heterocycles. The fourth-order valence-electron chi connectivity index (χ4n) is 5.39. The van der Waals surface area contributed by atoms with Gasteiger partial charge in [0.2, 0.25) is 0 Å². The van der Waals surface area contributed by atoms with Crippen molar-refractivity contribution >= 4 is 39.1 Å². The van der Waals surface area contributed by atoms with Crippen molar-refractivity contribution in [1.29, 1.82) is 0 Å². The molecule has 0 saturated heterocycles. The highest BCUT2D eigenvalue weighted by atomic mass is 79.9. The zero-order chi connectivity index (χ0) is 30.0. The van der Waals surface area contributed by atoms with Gasteiger partial charge in [-0.1, -0.05) is 12.1 Å². The Hall–Kier alpha value is -4.51. The number of hydrogen-bond acceptors (Lipinski definition) is 8. The number of carbonyl (C=O) groups is 2. The molecule has 2 aliphatic rings. The molecule has 1 aromatic heterocycles. The molecule has 0 fully saturated rings. The lowest BCUT2D eigenvalue weighted by Gasteiger charge is -2.34. The Morgan fingerprint density at radius 1 is 1.14 bits per heavy atom. The standard InChI is InChI=1S/C31H29BrN4O6/c1-17-7-10-26(23(13-17)36(39)40)42-16-20-14-19(8-11-25(20)41-3)29-28(31(38)35-27-12-9-21(32)15-33-27)18(2)34-22-5-4-6-24(37)30(22)29/h7-15,29,34H,4-6,16H2,1-3H3,(H,33,35,38)/t29-/m1/s1. The van der Waals surface area contributed by atoms with Crippen LogP contribution in [0.2, 0.25) is 0 Å². The van der Waals surface area contributed by atoms with Gasteiger partial charge in [-0.15, -0.1) is 0 Å². The molecule has 216 valence electrons. The second-order valence-electron chi connectivity index (χ2n) is 10.2. The molecule has 1 aliphatic heterocycles. The maximum absolute atomic E-state index is 13.8. The number of dihydropyridines is 1. The number of aryl methyl sites for hydroxylation is 1. The van der Waals surface area contributed by atoms with Gasteiger partial charge in [-0.25, -0.2) is 4.98 Å². The molecule has 0 spiro atoms. The number of methoxy groups -OCH3 is 1. The normalized spacial score (nSPS) is 16.5. The molecule has 0 radical (unpaired) electrons. The lowest BCUT2D eigenvalue weighted by molar-refractivity contribution is -0.386. The van der Waals surface area contributed by atoms with E-state index >= 15 is 0 Å². The SMILES string of the molecule is COc1ccc([C@@H]2C(C(=O)Nc3ccc(Br)cn3)=C(C)NC3=C2C(=O)CCC3)cc1COc1ccc(C)cc1[N+](=O)[O-]. The molecular formula is C31H29BrN4O6. The molecule has 0 bridgehead atoms. The number of nitro groups is 1. The summed E-state index contributed by atoms with van der Waals surface area (Å²) in [7, 11) is 1.52. The number of allylic oxidation sites excluding steroid dienone is 3. The molecule has 2 aromatic carbocycles. The molecule has 42 heavy (non-hydrogen) atoms. The van der Waals surface area contributed by atoms with Crippen LogP contribution in [-0.2, 0) is 16.2 Å². The molecule has 2 N–H and O–H groups in total. The van der Waals surface area contributed by atoms with Crippen LogP contribution in [0.3, 0.4) is 0 Å². The Bertz CT molecular complexity index is 1650. The van der Waals surface area contributed by atoms with Crippen molar-refractivity contribution in [3.05, 3.63) is 109 Å². The van der Waals surface area contributed by atoms with Crippen molar-refractivity contribution < 1.29 is 24.0 Å². The van der Waals surface area contributed by atoms with Crippen LogP contribution in [-0.4, -0.2) is 28.7 Å². The number of anilines is 1. The van der Waals surface area contributed by atoms with Crippen LogP contribution in [0.5, 0.6) is 11.5 Å². The average molecular weight is 633 g/mol. The molecule has 0 saturated carbocycles. The summed E-state index contributed by atoms with van der Waals surface area (Å²) < 4.78 is 12.3. The highest BCUT2D eigenvalue weighted by molar-refractivity contribution is 9.10. The van der Waals surface area contributed by atoms with Crippen molar-refractivity contribution in [2.75, 3.05) is 12.4 Å². The first-order valence-corrected chi connectivity index (χ1v) is 14.2. The number of benzene rings is 2. The van der Waals surface area contributed by atoms with Gasteiger partial charge in [-0.3, -0.25) is 19.7 Å². The highest BCUT2D eigenvalue weighted by Gasteiger charge is 2.38. The Morgan fingerprint density at radius 2 is 1.93 bits per heavy atom. The summed E-state index contributed by atoms with van der Waals surface area (Å²) in [5, 5.41) is 17.8. The number of amides is 1. The molecule has 5 rings (SSSR count). The number of nitrogens with one attached hydrogen (secondary N) is 2. The number of Topliss-reactive ketones (excluding diaryl/α,β-unsaturated/α-hetero) is 1. The summed E-state index contributed by atoms with van der Waals surface area (Å²) in [4.78, 5) is 42.5. The summed E-state index contributed by atoms with van der Waals surface area (Å²) in [6, 6.07) is 13.7. The van der Waals surface area contributed by atoms with E-state index in [-0.39, 0.29) is 29.7 Å². The fraction of sp³-hybridized carbons (Fsp3) is 0.258. The van der Waals surface area contributed by atoms with Gasteiger partial charge in [0.05, 0.1) is 12.0 Å². The van der Waals surface area contributed by atoms with Gasteiger partial charge in [0.15, 0.2) is 11.5 Å². The third-order valence-electron chi connectivity index (χ3n) is 7.32. The number of nitro benzene ring substituents is 1. The van der Waals surface area contributed by atoms with Crippen molar-refractivity contribution in [2.24, 2.45) is 0 Å². The second-order valence-corrected chi connectivity index (χ2v) is 11.1. The Balaban J connectivity index is 1.54. The van der Waals surface area contributed by atoms with E-state index in [1.54, 1.807) is 43.5 Å². The van der Waals surface area contributed by atoms with Crippen molar-refractivity contribution in [3.8, 4) is 11.5 Å². The predicted octanol–water partition coefficient (Wildman–Crippen LogP) is 6.25. The first kappa shape index (κ1) is 29.0. The van der Waals surface area contributed by atoms with E-state index in [2.05, 4.69) is 31.5 Å². The number of aromatic nitrogens is 1. The zero-order valence-electron chi connectivity index (χ0n) is 23.3. The Morgan fingerprint density at radius 3 is 2.64 bits per heavy atom. The number of hydrogen-bond donors (Lipinski definition) is 2. The van der Waals surface area contributed by atoms with E-state index in [0.717, 1.165) is 22.2 Å². The van der Waals surface area contributed by atoms with Gasteiger partial charge < -0.3 is 20.1 Å². The number of ether oxygens (including phenoxy) is 2. The van der Waals surface area contributed by atoms with Crippen molar-refractivity contribution in [3.63, 3.8) is 0 Å². The number of carbonyl (C=O) groups excluding carboxylic acids is 2. The molecule has 10 nitrogen and oxygen atoms in total. The molecule has 1 amide bonds. The maximum atomic E-state index is 13.8. The van der Waals surface area contributed by atoms with Crippen molar-refractivity contribution in [2.45, 2.75) is 45.6 Å². The average Bonchev–Trinajstić information content (AvgIpc) is 2.96.